The molecule has 4 rings (SSSR count). The maximum absolute atomic E-state index is 10.7. The van der Waals surface area contributed by atoms with Gasteiger partial charge in [0.05, 0.1) is 24.8 Å². The number of fused-ring (bicyclic) bond motifs is 1. The number of ether oxygens (including phenoxy) is 2. The summed E-state index contributed by atoms with van der Waals surface area (Å²) in [6.45, 7) is 11.2. The summed E-state index contributed by atoms with van der Waals surface area (Å²) in [5.74, 6) is 1.53. The van der Waals surface area contributed by atoms with Crippen LogP contribution in [0.5, 0.6) is 11.5 Å². The number of hydrogen-bond acceptors (Lipinski definition) is 5. The lowest BCUT2D eigenvalue weighted by molar-refractivity contribution is -0.0537. The highest BCUT2D eigenvalue weighted by molar-refractivity contribution is 5.43. The van der Waals surface area contributed by atoms with Crippen molar-refractivity contribution in [2.75, 3.05) is 26.7 Å². The molecule has 1 unspecified atom stereocenters. The van der Waals surface area contributed by atoms with Crippen LogP contribution in [-0.2, 0) is 6.42 Å². The van der Waals surface area contributed by atoms with E-state index in [4.69, 9.17) is 14.7 Å². The summed E-state index contributed by atoms with van der Waals surface area (Å²) in [5.41, 5.74) is 2.51. The predicted molar refractivity (Wildman–Crippen MR) is 134 cm³/mol. The summed E-state index contributed by atoms with van der Waals surface area (Å²) in [5, 5.41) is 19.6. The van der Waals surface area contributed by atoms with Crippen LogP contribution in [0.25, 0.3) is 0 Å². The third kappa shape index (κ3) is 7.22. The first-order valence-electron chi connectivity index (χ1n) is 12.3. The Bertz CT molecular complexity index is 881. The van der Waals surface area contributed by atoms with Crippen LogP contribution < -0.4 is 9.47 Å². The monoisotopic (exact) mass is 452 g/mol. The van der Waals surface area contributed by atoms with Gasteiger partial charge in [0.15, 0.2) is 0 Å². The lowest BCUT2D eigenvalue weighted by Gasteiger charge is -2.46. The molecule has 5 nitrogen and oxygen atoms in total. The van der Waals surface area contributed by atoms with E-state index in [9.17, 15) is 5.11 Å². The van der Waals surface area contributed by atoms with E-state index >= 15 is 0 Å². The van der Waals surface area contributed by atoms with Crippen LogP contribution in [0.15, 0.2) is 42.5 Å². The zero-order valence-electron chi connectivity index (χ0n) is 20.9. The highest BCUT2D eigenvalue weighted by Gasteiger charge is 2.42. The van der Waals surface area contributed by atoms with Gasteiger partial charge in [0.1, 0.15) is 17.1 Å². The Morgan fingerprint density at radius 2 is 1.76 bits per heavy atom. The van der Waals surface area contributed by atoms with Crippen molar-refractivity contribution in [2.45, 2.75) is 71.5 Å². The van der Waals surface area contributed by atoms with Crippen molar-refractivity contribution < 1.29 is 14.6 Å². The van der Waals surface area contributed by atoms with Crippen LogP contribution in [0, 0.1) is 11.3 Å². The number of methoxy groups -OCH3 is 1. The highest BCUT2D eigenvalue weighted by Crippen LogP contribution is 2.45. The molecule has 2 aromatic carbocycles. The number of nitriles is 1. The van der Waals surface area contributed by atoms with Gasteiger partial charge in [0.25, 0.3) is 0 Å². The van der Waals surface area contributed by atoms with Gasteiger partial charge in [0.2, 0.25) is 0 Å². The lowest BCUT2D eigenvalue weighted by atomic mass is 9.81. The number of hydrogen-bond donors (Lipinski definition) is 1. The number of nitrogens with zero attached hydrogens (tertiary/aromatic N) is 2. The summed E-state index contributed by atoms with van der Waals surface area (Å²) in [7, 11) is 1.63. The smallest absolute Gasteiger partial charge is 0.126 e. The zero-order valence-corrected chi connectivity index (χ0v) is 20.9. The Balaban J connectivity index is 0.000000714. The first kappa shape index (κ1) is 26.7. The second kappa shape index (κ2) is 13.2. The molecule has 1 fully saturated rings. The number of likely N-dealkylation sites (tertiary alicyclic amines) is 1. The van der Waals surface area contributed by atoms with Crippen LogP contribution in [0.2, 0.25) is 0 Å². The fourth-order valence-electron chi connectivity index (χ4n) is 4.27. The molecule has 1 saturated heterocycles. The van der Waals surface area contributed by atoms with Crippen molar-refractivity contribution in [3.8, 4) is 17.6 Å². The molecule has 1 atom stereocenters. The molecule has 1 N–H and O–H groups in total. The normalized spacial score (nSPS) is 18.4. The topological polar surface area (TPSA) is 65.7 Å². The van der Waals surface area contributed by atoms with E-state index in [1.54, 1.807) is 7.11 Å². The van der Waals surface area contributed by atoms with Crippen LogP contribution >= 0.6 is 0 Å². The number of benzene rings is 2. The molecule has 2 heterocycles. The first-order valence-corrected chi connectivity index (χ1v) is 12.3. The molecule has 0 aromatic heterocycles. The van der Waals surface area contributed by atoms with Crippen LogP contribution in [0.3, 0.4) is 0 Å². The predicted octanol–water partition coefficient (Wildman–Crippen LogP) is 5.90. The van der Waals surface area contributed by atoms with Crippen molar-refractivity contribution >= 4 is 0 Å². The molecule has 0 saturated carbocycles. The molecule has 0 aliphatic carbocycles. The van der Waals surface area contributed by atoms with Gasteiger partial charge in [-0.05, 0) is 55.2 Å². The number of piperidine rings is 1. The van der Waals surface area contributed by atoms with Gasteiger partial charge in [0, 0.05) is 31.6 Å². The number of aliphatic hydroxyl groups is 1. The molecule has 5 heteroatoms. The van der Waals surface area contributed by atoms with E-state index in [2.05, 4.69) is 24.8 Å². The molecule has 2 aliphatic heterocycles. The molecule has 0 bridgehead atoms. The van der Waals surface area contributed by atoms with Gasteiger partial charge in [-0.15, -0.1) is 0 Å². The van der Waals surface area contributed by atoms with Gasteiger partial charge < -0.3 is 19.5 Å². The average Bonchev–Trinajstić information content (AvgIpc) is 2.86. The largest absolute Gasteiger partial charge is 0.497 e. The van der Waals surface area contributed by atoms with E-state index in [0.717, 1.165) is 56.0 Å². The fourth-order valence-corrected chi connectivity index (χ4v) is 4.27. The minimum Gasteiger partial charge on any atom is -0.497 e. The molecule has 2 aliphatic rings. The Hall–Kier alpha value is -2.55. The van der Waals surface area contributed by atoms with Gasteiger partial charge in [-0.1, -0.05) is 46.2 Å². The Kier molecular flexibility index (Phi) is 10.7. The van der Waals surface area contributed by atoms with E-state index in [-0.39, 0.29) is 5.60 Å². The highest BCUT2D eigenvalue weighted by atomic mass is 16.5. The third-order valence-electron chi connectivity index (χ3n) is 6.03. The Morgan fingerprint density at radius 1 is 1.12 bits per heavy atom. The number of rotatable bonds is 4. The maximum atomic E-state index is 10.7. The SMILES string of the molecule is CC.CCC.COc1ccc2c(c1)C(O)CC1(CCN(CCc3ccc(C#N)cc3)CC1)O2. The van der Waals surface area contributed by atoms with Gasteiger partial charge in [-0.3, -0.25) is 0 Å². The maximum Gasteiger partial charge on any atom is 0.126 e. The molecular weight excluding hydrogens is 412 g/mol. The van der Waals surface area contributed by atoms with Crippen molar-refractivity contribution in [3.05, 3.63) is 59.2 Å². The lowest BCUT2D eigenvalue weighted by Crippen LogP contribution is -2.50. The third-order valence-corrected chi connectivity index (χ3v) is 6.03. The molecule has 0 radical (unpaired) electrons. The standard InChI is InChI=1S/C23H26N2O3.C3H8.C2H6/c1-27-19-6-7-22-20(14-19)21(26)15-23(28-22)9-12-25(13-10-23)11-8-17-2-4-18(16-24)5-3-17;1-3-2;1-2/h2-7,14,21,26H,8-13,15H2,1H3;3H2,1-2H3;1-2H3. The van der Waals surface area contributed by atoms with Gasteiger partial charge in [-0.2, -0.15) is 5.26 Å². The molecule has 180 valence electrons. The van der Waals surface area contributed by atoms with Gasteiger partial charge >= 0.3 is 0 Å². The summed E-state index contributed by atoms with van der Waals surface area (Å²) in [4.78, 5) is 2.46. The summed E-state index contributed by atoms with van der Waals surface area (Å²) in [6.07, 6.45) is 4.19. The first-order chi connectivity index (χ1) is 16.0. The second-order valence-electron chi connectivity index (χ2n) is 8.52. The fraction of sp³-hybridized carbons (Fsp3) is 0.536. The van der Waals surface area contributed by atoms with Crippen LogP contribution in [0.1, 0.15) is 76.2 Å². The van der Waals surface area contributed by atoms with E-state index < -0.39 is 6.10 Å². The van der Waals surface area contributed by atoms with Crippen molar-refractivity contribution in [3.63, 3.8) is 0 Å². The summed E-state index contributed by atoms with van der Waals surface area (Å²) in [6, 6.07) is 15.7. The van der Waals surface area contributed by atoms with Crippen LogP contribution in [-0.4, -0.2) is 42.4 Å². The molecule has 2 aromatic rings. The Labute approximate surface area is 200 Å². The quantitative estimate of drug-likeness (QED) is 0.625. The van der Waals surface area contributed by atoms with E-state index in [0.29, 0.717) is 12.0 Å². The Morgan fingerprint density at radius 3 is 2.33 bits per heavy atom. The number of aliphatic hydroxyl groups excluding tert-OH is 1. The second-order valence-corrected chi connectivity index (χ2v) is 8.52. The van der Waals surface area contributed by atoms with Crippen LogP contribution in [0.4, 0.5) is 0 Å². The zero-order chi connectivity index (χ0) is 24.3. The van der Waals surface area contributed by atoms with Crippen molar-refractivity contribution in [1.29, 1.82) is 5.26 Å². The van der Waals surface area contributed by atoms with Crippen molar-refractivity contribution in [1.82, 2.24) is 4.90 Å². The van der Waals surface area contributed by atoms with E-state index in [1.165, 1.54) is 12.0 Å². The summed E-state index contributed by atoms with van der Waals surface area (Å²) >= 11 is 0. The average molecular weight is 453 g/mol. The molecule has 33 heavy (non-hydrogen) atoms. The minimum absolute atomic E-state index is 0.272. The van der Waals surface area contributed by atoms with Gasteiger partial charge in [-0.25, -0.2) is 0 Å². The van der Waals surface area contributed by atoms with Crippen molar-refractivity contribution in [2.24, 2.45) is 0 Å². The minimum atomic E-state index is -0.510. The van der Waals surface area contributed by atoms with E-state index in [1.807, 2.05) is 56.3 Å². The molecule has 0 amide bonds. The summed E-state index contributed by atoms with van der Waals surface area (Å²) < 4.78 is 11.7. The molecule has 1 spiro atoms. The molecular formula is C28H40N2O3.